The van der Waals surface area contributed by atoms with Gasteiger partial charge in [-0.1, -0.05) is 6.92 Å². The van der Waals surface area contributed by atoms with Gasteiger partial charge in [0.15, 0.2) is 0 Å². The van der Waals surface area contributed by atoms with Crippen LogP contribution in [0.4, 0.5) is 4.79 Å². The van der Waals surface area contributed by atoms with Gasteiger partial charge in [0.25, 0.3) is 0 Å². The summed E-state index contributed by atoms with van der Waals surface area (Å²) in [5.74, 6) is 0.412. The Morgan fingerprint density at radius 2 is 2.08 bits per heavy atom. The Morgan fingerprint density at radius 3 is 2.38 bits per heavy atom. The van der Waals surface area contributed by atoms with Crippen molar-refractivity contribution in [2.75, 3.05) is 5.88 Å². The van der Waals surface area contributed by atoms with Gasteiger partial charge in [0.1, 0.15) is 5.60 Å². The molecule has 0 bridgehead atoms. The lowest BCUT2D eigenvalue weighted by atomic mass is 10.2. The number of hydrogen-bond acceptors (Lipinski definition) is 2. The number of alkyl carbamates (subject to hydrolysis) is 1. The zero-order valence-corrected chi connectivity index (χ0v) is 9.44. The molecule has 13 heavy (non-hydrogen) atoms. The molecule has 1 amide bonds. The second-order valence-electron chi connectivity index (χ2n) is 3.91. The van der Waals surface area contributed by atoms with Crippen LogP contribution in [0.25, 0.3) is 0 Å². The maximum atomic E-state index is 11.2. The molecule has 0 aliphatic carbocycles. The van der Waals surface area contributed by atoms with Gasteiger partial charge in [-0.3, -0.25) is 0 Å². The van der Waals surface area contributed by atoms with Gasteiger partial charge in [-0.15, -0.1) is 11.6 Å². The standard InChI is InChI=1S/C9H18ClNO2/c1-5-7(6-10)11-8(12)13-9(2,3)4/h7H,5-6H2,1-4H3,(H,11,12)/t7-/m1/s1. The average molecular weight is 208 g/mol. The number of amides is 1. The lowest BCUT2D eigenvalue weighted by Gasteiger charge is -2.22. The maximum absolute atomic E-state index is 11.2. The van der Waals surface area contributed by atoms with Gasteiger partial charge in [-0.25, -0.2) is 4.79 Å². The summed E-state index contributed by atoms with van der Waals surface area (Å²) in [5.41, 5.74) is -0.450. The first kappa shape index (κ1) is 12.6. The first-order chi connectivity index (χ1) is 5.89. The van der Waals surface area contributed by atoms with Gasteiger partial charge in [-0.2, -0.15) is 0 Å². The molecule has 0 unspecified atom stereocenters. The van der Waals surface area contributed by atoms with E-state index in [0.29, 0.717) is 5.88 Å². The van der Waals surface area contributed by atoms with Crippen LogP contribution in [-0.2, 0) is 4.74 Å². The highest BCUT2D eigenvalue weighted by molar-refractivity contribution is 6.18. The number of hydrogen-bond donors (Lipinski definition) is 1. The van der Waals surface area contributed by atoms with Crippen LogP contribution in [0.3, 0.4) is 0 Å². The largest absolute Gasteiger partial charge is 0.444 e. The molecule has 1 atom stereocenters. The first-order valence-corrected chi connectivity index (χ1v) is 4.98. The van der Waals surface area contributed by atoms with E-state index in [9.17, 15) is 4.79 Å². The van der Waals surface area contributed by atoms with E-state index in [1.807, 2.05) is 27.7 Å². The second-order valence-corrected chi connectivity index (χ2v) is 4.21. The number of rotatable bonds is 3. The van der Waals surface area contributed by atoms with Crippen molar-refractivity contribution < 1.29 is 9.53 Å². The predicted octanol–water partition coefficient (Wildman–Crippen LogP) is 2.53. The summed E-state index contributed by atoms with van der Waals surface area (Å²) < 4.78 is 5.06. The third kappa shape index (κ3) is 6.70. The van der Waals surface area contributed by atoms with Crippen molar-refractivity contribution in [1.82, 2.24) is 5.32 Å². The molecular weight excluding hydrogens is 190 g/mol. The second kappa shape index (κ2) is 5.32. The highest BCUT2D eigenvalue weighted by Crippen LogP contribution is 2.07. The summed E-state index contributed by atoms with van der Waals surface area (Å²) in [6.07, 6.45) is 0.405. The van der Waals surface area contributed by atoms with Crippen LogP contribution in [0.2, 0.25) is 0 Å². The van der Waals surface area contributed by atoms with Crippen molar-refractivity contribution >= 4 is 17.7 Å². The molecule has 78 valence electrons. The fourth-order valence-corrected chi connectivity index (χ4v) is 1.02. The average Bonchev–Trinajstić information content (AvgIpc) is 1.96. The Morgan fingerprint density at radius 1 is 1.54 bits per heavy atom. The minimum Gasteiger partial charge on any atom is -0.444 e. The van der Waals surface area contributed by atoms with E-state index >= 15 is 0 Å². The Balaban J connectivity index is 3.86. The fraction of sp³-hybridized carbons (Fsp3) is 0.889. The molecule has 0 aromatic rings. The van der Waals surface area contributed by atoms with E-state index in [0.717, 1.165) is 6.42 Å². The van der Waals surface area contributed by atoms with Crippen LogP contribution in [0, 0.1) is 0 Å². The molecule has 0 aromatic carbocycles. The number of alkyl halides is 1. The molecule has 0 spiro atoms. The molecule has 0 aliphatic heterocycles. The van der Waals surface area contributed by atoms with Crippen LogP contribution < -0.4 is 5.32 Å². The van der Waals surface area contributed by atoms with Gasteiger partial charge >= 0.3 is 6.09 Å². The van der Waals surface area contributed by atoms with Crippen LogP contribution >= 0.6 is 11.6 Å². The minimum atomic E-state index is -0.450. The summed E-state index contributed by atoms with van der Waals surface area (Å²) in [5, 5.41) is 2.68. The Kier molecular flexibility index (Phi) is 5.14. The highest BCUT2D eigenvalue weighted by atomic mass is 35.5. The summed E-state index contributed by atoms with van der Waals surface area (Å²) in [6.45, 7) is 7.45. The van der Waals surface area contributed by atoms with E-state index < -0.39 is 11.7 Å². The molecule has 0 radical (unpaired) electrons. The van der Waals surface area contributed by atoms with Gasteiger partial charge in [0, 0.05) is 11.9 Å². The Labute approximate surface area is 84.8 Å². The predicted molar refractivity (Wildman–Crippen MR) is 54.2 cm³/mol. The summed E-state index contributed by atoms with van der Waals surface area (Å²) >= 11 is 5.61. The third-order valence-electron chi connectivity index (χ3n) is 1.40. The van der Waals surface area contributed by atoms with Crippen molar-refractivity contribution in [3.05, 3.63) is 0 Å². The Hall–Kier alpha value is -0.440. The van der Waals surface area contributed by atoms with E-state index in [1.54, 1.807) is 0 Å². The molecule has 0 saturated heterocycles. The highest BCUT2D eigenvalue weighted by Gasteiger charge is 2.17. The molecule has 4 heteroatoms. The van der Waals surface area contributed by atoms with Crippen molar-refractivity contribution in [1.29, 1.82) is 0 Å². The van der Waals surface area contributed by atoms with Gasteiger partial charge < -0.3 is 10.1 Å². The number of carbonyl (C=O) groups is 1. The van der Waals surface area contributed by atoms with Crippen LogP contribution in [0.5, 0.6) is 0 Å². The molecule has 0 saturated carbocycles. The molecule has 1 N–H and O–H groups in total. The van der Waals surface area contributed by atoms with Crippen molar-refractivity contribution in [3.8, 4) is 0 Å². The number of ether oxygens (including phenoxy) is 1. The molecule has 0 aromatic heterocycles. The summed E-state index contributed by atoms with van der Waals surface area (Å²) in [4.78, 5) is 11.2. The maximum Gasteiger partial charge on any atom is 0.407 e. The topological polar surface area (TPSA) is 38.3 Å². The van der Waals surface area contributed by atoms with Crippen LogP contribution in [-0.4, -0.2) is 23.6 Å². The molecule has 0 aliphatic rings. The lowest BCUT2D eigenvalue weighted by Crippen LogP contribution is -2.39. The number of halogens is 1. The third-order valence-corrected chi connectivity index (χ3v) is 1.77. The minimum absolute atomic E-state index is 0.00323. The number of carbonyl (C=O) groups excluding carboxylic acids is 1. The van der Waals surface area contributed by atoms with Crippen LogP contribution in [0.1, 0.15) is 34.1 Å². The van der Waals surface area contributed by atoms with Crippen molar-refractivity contribution in [2.24, 2.45) is 0 Å². The number of nitrogens with one attached hydrogen (secondary N) is 1. The Bertz CT molecular complexity index is 161. The molecule has 0 heterocycles. The first-order valence-electron chi connectivity index (χ1n) is 4.44. The van der Waals surface area contributed by atoms with E-state index in [2.05, 4.69) is 5.32 Å². The van der Waals surface area contributed by atoms with E-state index in [-0.39, 0.29) is 6.04 Å². The van der Waals surface area contributed by atoms with Crippen LogP contribution in [0.15, 0.2) is 0 Å². The summed E-state index contributed by atoms with van der Waals surface area (Å²) in [6, 6.07) is -0.00323. The van der Waals surface area contributed by atoms with Gasteiger partial charge in [-0.05, 0) is 27.2 Å². The molecule has 0 rings (SSSR count). The smallest absolute Gasteiger partial charge is 0.407 e. The SMILES string of the molecule is CC[C@H](CCl)NC(=O)OC(C)(C)C. The quantitative estimate of drug-likeness (QED) is 0.723. The molecule has 0 fully saturated rings. The normalized spacial score (nSPS) is 13.6. The van der Waals surface area contributed by atoms with Gasteiger partial charge in [0.05, 0.1) is 0 Å². The zero-order valence-electron chi connectivity index (χ0n) is 8.69. The summed E-state index contributed by atoms with van der Waals surface area (Å²) in [7, 11) is 0. The lowest BCUT2D eigenvalue weighted by molar-refractivity contribution is 0.0508. The van der Waals surface area contributed by atoms with Gasteiger partial charge in [0.2, 0.25) is 0 Å². The molecule has 3 nitrogen and oxygen atoms in total. The van der Waals surface area contributed by atoms with E-state index in [1.165, 1.54) is 0 Å². The van der Waals surface area contributed by atoms with E-state index in [4.69, 9.17) is 16.3 Å². The zero-order chi connectivity index (χ0) is 10.5. The monoisotopic (exact) mass is 207 g/mol. The molecular formula is C9H18ClNO2. The van der Waals surface area contributed by atoms with Crippen molar-refractivity contribution in [3.63, 3.8) is 0 Å². The van der Waals surface area contributed by atoms with Crippen molar-refractivity contribution in [2.45, 2.75) is 45.8 Å². The fourth-order valence-electron chi connectivity index (χ4n) is 0.724.